The van der Waals surface area contributed by atoms with E-state index >= 15 is 0 Å². The minimum atomic E-state index is -4.87. The summed E-state index contributed by atoms with van der Waals surface area (Å²) in [6, 6.07) is 28.3. The molecule has 2 N–H and O–H groups in total. The van der Waals surface area contributed by atoms with Crippen LogP contribution in [0.1, 0.15) is 33.6 Å². The molecule has 7 aromatic rings. The summed E-state index contributed by atoms with van der Waals surface area (Å²) < 4.78 is 53.1. The highest BCUT2D eigenvalue weighted by atomic mass is 35.5. The van der Waals surface area contributed by atoms with E-state index in [4.69, 9.17) is 32.0 Å². The maximum Gasteiger partial charge on any atom is 0.573 e. The first-order valence-corrected chi connectivity index (χ1v) is 19.8. The van der Waals surface area contributed by atoms with Crippen molar-refractivity contribution >= 4 is 80.6 Å². The van der Waals surface area contributed by atoms with E-state index in [1.54, 1.807) is 41.7 Å². The number of carbonyl (C=O) groups is 2. The number of oxazole rings is 2. The first-order chi connectivity index (χ1) is 28.0. The van der Waals surface area contributed by atoms with Gasteiger partial charge in [0, 0.05) is 76.4 Å². The van der Waals surface area contributed by atoms with Gasteiger partial charge in [-0.15, -0.1) is 24.5 Å². The van der Waals surface area contributed by atoms with Gasteiger partial charge in [0.05, 0.1) is 5.56 Å². The quantitative estimate of drug-likeness (QED) is 0.154. The van der Waals surface area contributed by atoms with Gasteiger partial charge in [-0.1, -0.05) is 59.6 Å². The first-order valence-electron chi connectivity index (χ1n) is 18.2. The average Bonchev–Trinajstić information content (AvgIpc) is 4.05. The smallest absolute Gasteiger partial charge is 0.423 e. The molecule has 0 radical (unpaired) electrons. The Kier molecular flexibility index (Phi) is 11.2. The zero-order valence-corrected chi connectivity index (χ0v) is 32.7. The summed E-state index contributed by atoms with van der Waals surface area (Å²) in [5.41, 5.74) is 4.17. The van der Waals surface area contributed by atoms with Crippen LogP contribution < -0.4 is 15.4 Å². The molecular formula is C41H33Cl2F3N6O5S. The van der Waals surface area contributed by atoms with Crippen LogP contribution in [0.5, 0.6) is 5.75 Å². The Morgan fingerprint density at radius 1 is 0.724 bits per heavy atom. The third-order valence-corrected chi connectivity index (χ3v) is 11.0. The number of aromatic nitrogens is 2. The van der Waals surface area contributed by atoms with E-state index in [1.165, 1.54) is 23.1 Å². The molecule has 5 heterocycles. The van der Waals surface area contributed by atoms with Gasteiger partial charge in [-0.3, -0.25) is 9.59 Å². The molecule has 3 aromatic heterocycles. The molecule has 2 fully saturated rings. The van der Waals surface area contributed by atoms with Crippen LogP contribution in [0.25, 0.3) is 32.6 Å². The third kappa shape index (κ3) is 9.01. The van der Waals surface area contributed by atoms with E-state index in [2.05, 4.69) is 25.3 Å². The number of alkyl halides is 3. The van der Waals surface area contributed by atoms with Crippen molar-refractivity contribution < 1.29 is 36.3 Å². The molecule has 0 bridgehead atoms. The lowest BCUT2D eigenvalue weighted by Gasteiger charge is -2.19. The molecule has 11 nitrogen and oxygen atoms in total. The Morgan fingerprint density at radius 3 is 1.81 bits per heavy atom. The number of para-hydroxylation sites is 1. The number of anilines is 2. The highest BCUT2D eigenvalue weighted by molar-refractivity contribution is 7.13. The Bertz CT molecular complexity index is 2580. The second-order valence-electron chi connectivity index (χ2n) is 13.6. The summed E-state index contributed by atoms with van der Waals surface area (Å²) in [4.78, 5) is 39.2. The highest BCUT2D eigenvalue weighted by Gasteiger charge is 2.35. The van der Waals surface area contributed by atoms with E-state index in [0.29, 0.717) is 71.4 Å². The molecule has 0 spiro atoms. The van der Waals surface area contributed by atoms with Gasteiger partial charge >= 0.3 is 6.36 Å². The second kappa shape index (κ2) is 16.6. The molecule has 2 aliphatic rings. The lowest BCUT2D eigenvalue weighted by molar-refractivity contribution is -0.274. The molecule has 2 aliphatic heterocycles. The van der Waals surface area contributed by atoms with Crippen LogP contribution in [0.3, 0.4) is 0 Å². The molecule has 0 aliphatic carbocycles. The van der Waals surface area contributed by atoms with Gasteiger partial charge in [-0.05, 0) is 66.8 Å². The molecule has 58 heavy (non-hydrogen) atoms. The number of nitrogens with zero attached hydrogens (tertiary/aromatic N) is 4. The van der Waals surface area contributed by atoms with Crippen molar-refractivity contribution in [3.05, 3.63) is 124 Å². The van der Waals surface area contributed by atoms with Crippen molar-refractivity contribution in [2.24, 2.45) is 0 Å². The maximum absolute atomic E-state index is 13.2. The summed E-state index contributed by atoms with van der Waals surface area (Å²) in [7, 11) is 0. The van der Waals surface area contributed by atoms with E-state index in [9.17, 15) is 22.8 Å². The molecule has 298 valence electrons. The van der Waals surface area contributed by atoms with Crippen LogP contribution in [0, 0.1) is 0 Å². The monoisotopic (exact) mass is 848 g/mol. The van der Waals surface area contributed by atoms with Crippen molar-refractivity contribution in [3.63, 3.8) is 0 Å². The number of likely N-dealkylation sites (tertiary alicyclic amines) is 2. The van der Waals surface area contributed by atoms with E-state index in [0.717, 1.165) is 34.0 Å². The Labute approximate surface area is 343 Å². The van der Waals surface area contributed by atoms with Gasteiger partial charge in [-0.25, -0.2) is 0 Å². The minimum absolute atomic E-state index is 0.0580. The summed E-state index contributed by atoms with van der Waals surface area (Å²) in [6.07, 6.45) is -3.44. The third-order valence-electron chi connectivity index (χ3n) is 9.59. The number of hydrogen-bond acceptors (Lipinski definition) is 10. The number of thiophene rings is 1. The number of benzene rings is 4. The van der Waals surface area contributed by atoms with Gasteiger partial charge in [0.1, 0.15) is 16.8 Å². The molecule has 17 heteroatoms. The fourth-order valence-corrected chi connectivity index (χ4v) is 8.00. The van der Waals surface area contributed by atoms with Crippen LogP contribution in [0.4, 0.5) is 25.2 Å². The molecule has 2 atom stereocenters. The van der Waals surface area contributed by atoms with Crippen molar-refractivity contribution in [3.8, 4) is 16.2 Å². The van der Waals surface area contributed by atoms with Crippen molar-refractivity contribution in [2.75, 3.05) is 36.8 Å². The average molecular weight is 850 g/mol. The summed E-state index contributed by atoms with van der Waals surface area (Å²) in [6.45, 7) is 1.97. The predicted octanol–water partition coefficient (Wildman–Crippen LogP) is 10.2. The molecule has 2 saturated heterocycles. The molecule has 0 unspecified atom stereocenters. The van der Waals surface area contributed by atoms with Crippen LogP contribution in [0.15, 0.2) is 111 Å². The summed E-state index contributed by atoms with van der Waals surface area (Å²) >= 11 is 13.6. The number of carbonyl (C=O) groups excluding carboxylic acids is 2. The number of fused-ring (bicyclic) bond motifs is 2. The summed E-state index contributed by atoms with van der Waals surface area (Å²) in [5, 5.41) is 9.59. The highest BCUT2D eigenvalue weighted by Crippen LogP contribution is 2.32. The zero-order valence-electron chi connectivity index (χ0n) is 30.3. The molecule has 0 saturated carbocycles. The van der Waals surface area contributed by atoms with E-state index in [1.807, 2.05) is 52.7 Å². The standard InChI is InChI=1S/C22H18ClN3O2S.C19H15ClF3N3O3/c23-14-7-8-18-19(12-14)28-22(25-18)24-15-9-10-26(13-15)21(27)17-5-2-1-4-16(17)20-6-3-11-29-20;20-11-5-6-14-16(9-11)28-18(25-14)24-12-7-8-26(10-12)17(27)13-3-1-2-4-15(13)29-19(21,22)23/h1-8,11-12,15H,9-10,13H2,(H,24,25);1-6,9,12H,7-8,10H2,(H,24,25)/t15-;12-/m11/s1. The Morgan fingerprint density at radius 2 is 1.26 bits per heavy atom. The number of amides is 2. The largest absolute Gasteiger partial charge is 0.573 e. The minimum Gasteiger partial charge on any atom is -0.423 e. The summed E-state index contributed by atoms with van der Waals surface area (Å²) in [5.74, 6) is -0.988. The van der Waals surface area contributed by atoms with Crippen molar-refractivity contribution in [2.45, 2.75) is 31.3 Å². The molecule has 4 aromatic carbocycles. The fraction of sp³-hybridized carbons (Fsp3) is 0.220. The molecule has 9 rings (SSSR count). The number of ether oxygens (including phenoxy) is 1. The van der Waals surface area contributed by atoms with Crippen LogP contribution in [0.2, 0.25) is 10.0 Å². The first kappa shape index (κ1) is 39.1. The van der Waals surface area contributed by atoms with Crippen LogP contribution >= 0.6 is 34.5 Å². The Hall–Kier alpha value is -5.77. The van der Waals surface area contributed by atoms with Gasteiger partial charge in [-0.2, -0.15) is 9.97 Å². The molecular weight excluding hydrogens is 816 g/mol. The Balaban J connectivity index is 0.000000162. The van der Waals surface area contributed by atoms with Gasteiger partial charge in [0.25, 0.3) is 23.8 Å². The van der Waals surface area contributed by atoms with E-state index in [-0.39, 0.29) is 23.6 Å². The normalized spacial score (nSPS) is 16.7. The topological polar surface area (TPSA) is 126 Å². The lowest BCUT2D eigenvalue weighted by atomic mass is 10.0. The van der Waals surface area contributed by atoms with Crippen molar-refractivity contribution in [1.29, 1.82) is 0 Å². The van der Waals surface area contributed by atoms with E-state index < -0.39 is 18.0 Å². The predicted molar refractivity (Wildman–Crippen MR) is 217 cm³/mol. The van der Waals surface area contributed by atoms with Crippen LogP contribution in [-0.2, 0) is 0 Å². The van der Waals surface area contributed by atoms with Crippen molar-refractivity contribution in [1.82, 2.24) is 19.8 Å². The van der Waals surface area contributed by atoms with Gasteiger partial charge in [0.15, 0.2) is 11.2 Å². The number of rotatable bonds is 8. The SMILES string of the molecule is O=C(c1ccccc1-c1cccs1)N1CC[C@@H](Nc2nc3ccc(Cl)cc3o2)C1.O=C(c1ccccc1OC(F)(F)F)N1CC[C@@H](Nc2nc3ccc(Cl)cc3o2)C1. The number of halogens is 5. The number of nitrogens with one attached hydrogen (secondary N) is 2. The lowest BCUT2D eigenvalue weighted by Crippen LogP contribution is -2.32. The van der Waals surface area contributed by atoms with Crippen LogP contribution in [-0.4, -0.2) is 76.2 Å². The van der Waals surface area contributed by atoms with Gasteiger partial charge in [0.2, 0.25) is 0 Å². The second-order valence-corrected chi connectivity index (χ2v) is 15.4. The maximum atomic E-state index is 13.2. The van der Waals surface area contributed by atoms with Gasteiger partial charge < -0.3 is 34.0 Å². The fourth-order valence-electron chi connectivity index (χ4n) is 6.91. The number of hydrogen-bond donors (Lipinski definition) is 2. The molecule has 2 amide bonds. The zero-order chi connectivity index (χ0) is 40.4.